The van der Waals surface area contributed by atoms with E-state index in [0.717, 1.165) is 24.3 Å². The first-order valence-corrected chi connectivity index (χ1v) is 6.51. The van der Waals surface area contributed by atoms with Crippen molar-refractivity contribution < 1.29 is 4.74 Å². The molecule has 1 aliphatic carbocycles. The van der Waals surface area contributed by atoms with E-state index in [4.69, 9.17) is 4.74 Å². The number of ether oxygens (including phenoxy) is 1. The van der Waals surface area contributed by atoms with Crippen molar-refractivity contribution in [2.24, 2.45) is 0 Å². The number of rotatable bonds is 4. The molecule has 1 saturated carbocycles. The molecule has 1 aliphatic rings. The lowest BCUT2D eigenvalue weighted by atomic mass is 9.75. The van der Waals surface area contributed by atoms with E-state index in [-0.39, 0.29) is 5.60 Å². The van der Waals surface area contributed by atoms with Gasteiger partial charge in [0.15, 0.2) is 0 Å². The Morgan fingerprint density at radius 1 is 1.26 bits per heavy atom. The molecule has 0 saturated heterocycles. The van der Waals surface area contributed by atoms with Gasteiger partial charge in [0.2, 0.25) is 0 Å². The van der Waals surface area contributed by atoms with E-state index in [2.05, 4.69) is 33.5 Å². The van der Waals surface area contributed by atoms with Crippen molar-refractivity contribution in [3.63, 3.8) is 0 Å². The number of aromatic nitrogens is 2. The van der Waals surface area contributed by atoms with Crippen molar-refractivity contribution >= 4 is 11.5 Å². The zero-order valence-corrected chi connectivity index (χ0v) is 11.0. The van der Waals surface area contributed by atoms with Gasteiger partial charge in [-0.3, -0.25) is 0 Å². The number of hydrogen-bond donors (Lipinski definition) is 1. The summed E-state index contributed by atoms with van der Waals surface area (Å²) in [7, 11) is 1.80. The molecule has 3 rings (SSSR count). The molecule has 4 heteroatoms. The Morgan fingerprint density at radius 2 is 2.16 bits per heavy atom. The third-order valence-corrected chi connectivity index (χ3v) is 3.80. The highest BCUT2D eigenvalue weighted by molar-refractivity contribution is 5.57. The van der Waals surface area contributed by atoms with Gasteiger partial charge < -0.3 is 10.1 Å². The zero-order chi connectivity index (χ0) is 13.1. The topological polar surface area (TPSA) is 47.0 Å². The SMILES string of the molecule is COC1(c2cccc(Nc3ccncn3)c2)CCC1. The number of benzene rings is 1. The third kappa shape index (κ3) is 2.31. The second-order valence-corrected chi connectivity index (χ2v) is 4.85. The largest absolute Gasteiger partial charge is 0.374 e. The second-order valence-electron chi connectivity index (χ2n) is 4.85. The smallest absolute Gasteiger partial charge is 0.133 e. The lowest BCUT2D eigenvalue weighted by molar-refractivity contribution is -0.0778. The van der Waals surface area contributed by atoms with Crippen LogP contribution in [-0.2, 0) is 10.3 Å². The molecule has 0 aliphatic heterocycles. The van der Waals surface area contributed by atoms with Crippen molar-refractivity contribution in [3.8, 4) is 0 Å². The first-order valence-electron chi connectivity index (χ1n) is 6.51. The third-order valence-electron chi connectivity index (χ3n) is 3.80. The number of methoxy groups -OCH3 is 1. The highest BCUT2D eigenvalue weighted by Gasteiger charge is 2.38. The summed E-state index contributed by atoms with van der Waals surface area (Å²) in [5.41, 5.74) is 2.18. The van der Waals surface area contributed by atoms with Crippen molar-refractivity contribution in [3.05, 3.63) is 48.4 Å². The Kier molecular flexibility index (Phi) is 3.17. The summed E-state index contributed by atoms with van der Waals surface area (Å²) in [5.74, 6) is 0.798. The minimum Gasteiger partial charge on any atom is -0.374 e. The maximum atomic E-state index is 5.71. The summed E-state index contributed by atoms with van der Waals surface area (Å²) >= 11 is 0. The van der Waals surface area contributed by atoms with E-state index in [1.165, 1.54) is 18.3 Å². The Hall–Kier alpha value is -1.94. The van der Waals surface area contributed by atoms with E-state index in [1.807, 2.05) is 12.1 Å². The Morgan fingerprint density at radius 3 is 2.79 bits per heavy atom. The molecule has 1 aromatic carbocycles. The molecule has 19 heavy (non-hydrogen) atoms. The number of nitrogens with zero attached hydrogens (tertiary/aromatic N) is 2. The van der Waals surface area contributed by atoms with Crippen molar-refractivity contribution in [2.45, 2.75) is 24.9 Å². The van der Waals surface area contributed by atoms with Crippen molar-refractivity contribution in [2.75, 3.05) is 12.4 Å². The highest BCUT2D eigenvalue weighted by Crippen LogP contribution is 2.44. The lowest BCUT2D eigenvalue weighted by Gasteiger charge is -2.41. The first-order chi connectivity index (χ1) is 9.32. The molecule has 0 bridgehead atoms. The van der Waals surface area contributed by atoms with E-state index < -0.39 is 0 Å². The van der Waals surface area contributed by atoms with Gasteiger partial charge in [-0.2, -0.15) is 0 Å². The molecule has 0 atom stereocenters. The van der Waals surface area contributed by atoms with Gasteiger partial charge in [0.05, 0.1) is 5.60 Å². The fraction of sp³-hybridized carbons (Fsp3) is 0.333. The van der Waals surface area contributed by atoms with Crippen LogP contribution >= 0.6 is 0 Å². The summed E-state index contributed by atoms with van der Waals surface area (Å²) in [5, 5.41) is 3.28. The fourth-order valence-electron chi connectivity index (χ4n) is 2.50. The zero-order valence-electron chi connectivity index (χ0n) is 11.0. The molecule has 0 spiro atoms. The van der Waals surface area contributed by atoms with Gasteiger partial charge in [0.25, 0.3) is 0 Å². The second kappa shape index (κ2) is 4.97. The van der Waals surface area contributed by atoms with Gasteiger partial charge in [-0.1, -0.05) is 12.1 Å². The van der Waals surface area contributed by atoms with Crippen LogP contribution in [-0.4, -0.2) is 17.1 Å². The normalized spacial score (nSPS) is 16.7. The van der Waals surface area contributed by atoms with Gasteiger partial charge in [-0.15, -0.1) is 0 Å². The van der Waals surface area contributed by atoms with Crippen LogP contribution in [0.15, 0.2) is 42.9 Å². The molecule has 1 N–H and O–H groups in total. The summed E-state index contributed by atoms with van der Waals surface area (Å²) < 4.78 is 5.71. The number of hydrogen-bond acceptors (Lipinski definition) is 4. The van der Waals surface area contributed by atoms with Crippen molar-refractivity contribution in [1.29, 1.82) is 0 Å². The molecule has 1 fully saturated rings. The average Bonchev–Trinajstić information content (AvgIpc) is 2.40. The Bertz CT molecular complexity index is 547. The van der Waals surface area contributed by atoms with Crippen LogP contribution < -0.4 is 5.32 Å². The van der Waals surface area contributed by atoms with Gasteiger partial charge in [0, 0.05) is 19.0 Å². The van der Waals surface area contributed by atoms with E-state index >= 15 is 0 Å². The van der Waals surface area contributed by atoms with Gasteiger partial charge in [-0.25, -0.2) is 9.97 Å². The minimum absolute atomic E-state index is 0.0800. The van der Waals surface area contributed by atoms with Crippen LogP contribution in [0, 0.1) is 0 Å². The van der Waals surface area contributed by atoms with E-state index in [1.54, 1.807) is 13.3 Å². The fourth-order valence-corrected chi connectivity index (χ4v) is 2.50. The predicted octanol–water partition coefficient (Wildman–Crippen LogP) is 3.25. The maximum Gasteiger partial charge on any atom is 0.133 e. The van der Waals surface area contributed by atoms with Crippen LogP contribution in [0.5, 0.6) is 0 Å². The first kappa shape index (κ1) is 12.1. The molecule has 1 aromatic heterocycles. The van der Waals surface area contributed by atoms with Gasteiger partial charge in [0.1, 0.15) is 12.1 Å². The standard InChI is InChI=1S/C15H17N3O/c1-19-15(7-3-8-15)12-4-2-5-13(10-12)18-14-6-9-16-11-17-14/h2,4-6,9-11H,3,7-8H2,1H3,(H,16,17,18). The summed E-state index contributed by atoms with van der Waals surface area (Å²) in [4.78, 5) is 8.08. The molecule has 4 nitrogen and oxygen atoms in total. The molecule has 1 heterocycles. The summed E-state index contributed by atoms with van der Waals surface area (Å²) in [6, 6.07) is 10.2. The minimum atomic E-state index is -0.0800. The van der Waals surface area contributed by atoms with Crippen LogP contribution in [0.2, 0.25) is 0 Å². The Labute approximate surface area is 112 Å². The molecule has 2 aromatic rings. The highest BCUT2D eigenvalue weighted by atomic mass is 16.5. The van der Waals surface area contributed by atoms with Crippen LogP contribution in [0.25, 0.3) is 0 Å². The lowest BCUT2D eigenvalue weighted by Crippen LogP contribution is -2.36. The molecule has 98 valence electrons. The predicted molar refractivity (Wildman–Crippen MR) is 74.3 cm³/mol. The Balaban J connectivity index is 1.84. The molecule has 0 radical (unpaired) electrons. The number of nitrogens with one attached hydrogen (secondary N) is 1. The van der Waals surface area contributed by atoms with Gasteiger partial charge >= 0.3 is 0 Å². The van der Waals surface area contributed by atoms with E-state index in [9.17, 15) is 0 Å². The summed E-state index contributed by atoms with van der Waals surface area (Å²) in [6.07, 6.45) is 6.69. The maximum absolute atomic E-state index is 5.71. The van der Waals surface area contributed by atoms with Crippen molar-refractivity contribution in [1.82, 2.24) is 9.97 Å². The number of anilines is 2. The molecule has 0 unspecified atom stereocenters. The molecular formula is C15H17N3O. The molecular weight excluding hydrogens is 238 g/mol. The van der Waals surface area contributed by atoms with Crippen LogP contribution in [0.3, 0.4) is 0 Å². The average molecular weight is 255 g/mol. The quantitative estimate of drug-likeness (QED) is 0.911. The summed E-state index contributed by atoms with van der Waals surface area (Å²) in [6.45, 7) is 0. The molecule has 0 amide bonds. The monoisotopic (exact) mass is 255 g/mol. The van der Waals surface area contributed by atoms with Crippen LogP contribution in [0.4, 0.5) is 11.5 Å². The van der Waals surface area contributed by atoms with Crippen LogP contribution in [0.1, 0.15) is 24.8 Å². The van der Waals surface area contributed by atoms with E-state index in [0.29, 0.717) is 0 Å². The van der Waals surface area contributed by atoms with Gasteiger partial charge in [-0.05, 0) is 43.0 Å².